The number of nitrogens with one attached hydrogen (secondary N) is 2. The Morgan fingerprint density at radius 1 is 1.35 bits per heavy atom. The molecule has 0 aromatic carbocycles. The lowest BCUT2D eigenvalue weighted by Gasteiger charge is -2.14. The number of hydrogen-bond acceptors (Lipinski definition) is 4. The SMILES string of the molecule is CCNC(=O)NC(=O)C(C)n1nc(C)c(C(=O)O)c1C. The molecule has 1 aromatic rings. The molecule has 1 aromatic heterocycles. The lowest BCUT2D eigenvalue weighted by atomic mass is 10.2. The molecule has 1 rings (SSSR count). The third kappa shape index (κ3) is 3.14. The van der Waals surface area contributed by atoms with Crippen LogP contribution in [0.2, 0.25) is 0 Å². The van der Waals surface area contributed by atoms with E-state index in [1.807, 2.05) is 0 Å². The topological polar surface area (TPSA) is 113 Å². The molecule has 3 N–H and O–H groups in total. The first-order chi connectivity index (χ1) is 9.29. The van der Waals surface area contributed by atoms with E-state index in [-0.39, 0.29) is 5.56 Å². The number of carbonyl (C=O) groups is 3. The van der Waals surface area contributed by atoms with E-state index in [1.54, 1.807) is 27.7 Å². The van der Waals surface area contributed by atoms with E-state index in [0.717, 1.165) is 0 Å². The predicted molar refractivity (Wildman–Crippen MR) is 70.6 cm³/mol. The van der Waals surface area contributed by atoms with Gasteiger partial charge in [0, 0.05) is 6.54 Å². The lowest BCUT2D eigenvalue weighted by molar-refractivity contribution is -0.123. The number of amides is 3. The molecule has 0 saturated heterocycles. The van der Waals surface area contributed by atoms with Gasteiger partial charge in [0.2, 0.25) is 0 Å². The van der Waals surface area contributed by atoms with Crippen molar-refractivity contribution < 1.29 is 19.5 Å². The fourth-order valence-corrected chi connectivity index (χ4v) is 1.88. The highest BCUT2D eigenvalue weighted by molar-refractivity contribution is 5.96. The van der Waals surface area contributed by atoms with E-state index in [2.05, 4.69) is 15.7 Å². The summed E-state index contributed by atoms with van der Waals surface area (Å²) < 4.78 is 1.30. The smallest absolute Gasteiger partial charge is 0.339 e. The Labute approximate surface area is 116 Å². The molecule has 110 valence electrons. The van der Waals surface area contributed by atoms with Gasteiger partial charge < -0.3 is 10.4 Å². The summed E-state index contributed by atoms with van der Waals surface area (Å²) >= 11 is 0. The first-order valence-electron chi connectivity index (χ1n) is 6.17. The molecular weight excluding hydrogens is 264 g/mol. The number of imide groups is 1. The van der Waals surface area contributed by atoms with Crippen molar-refractivity contribution in [3.63, 3.8) is 0 Å². The zero-order chi connectivity index (χ0) is 15.4. The van der Waals surface area contributed by atoms with Gasteiger partial charge >= 0.3 is 12.0 Å². The summed E-state index contributed by atoms with van der Waals surface area (Å²) in [6.07, 6.45) is 0. The first-order valence-corrected chi connectivity index (χ1v) is 6.17. The van der Waals surface area contributed by atoms with Crippen LogP contribution >= 0.6 is 0 Å². The zero-order valence-electron chi connectivity index (χ0n) is 11.9. The average molecular weight is 282 g/mol. The van der Waals surface area contributed by atoms with E-state index in [0.29, 0.717) is 17.9 Å². The van der Waals surface area contributed by atoms with Crippen molar-refractivity contribution >= 4 is 17.9 Å². The van der Waals surface area contributed by atoms with Crippen LogP contribution in [-0.2, 0) is 4.79 Å². The van der Waals surface area contributed by atoms with E-state index in [9.17, 15) is 14.4 Å². The number of aryl methyl sites for hydroxylation is 1. The summed E-state index contributed by atoms with van der Waals surface area (Å²) in [5.41, 5.74) is 0.767. The Balaban J connectivity index is 2.95. The number of carboxylic acid groups (broad SMARTS) is 1. The van der Waals surface area contributed by atoms with Crippen molar-refractivity contribution in [1.82, 2.24) is 20.4 Å². The van der Waals surface area contributed by atoms with Crippen molar-refractivity contribution in [3.05, 3.63) is 17.0 Å². The zero-order valence-corrected chi connectivity index (χ0v) is 11.9. The number of aromatic nitrogens is 2. The Morgan fingerprint density at radius 2 is 1.95 bits per heavy atom. The molecular formula is C12H18N4O4. The lowest BCUT2D eigenvalue weighted by Crippen LogP contribution is -2.42. The number of rotatable bonds is 4. The summed E-state index contributed by atoms with van der Waals surface area (Å²) in [5.74, 6) is -1.65. The number of nitrogens with zero attached hydrogens (tertiary/aromatic N) is 2. The van der Waals surface area contributed by atoms with E-state index in [1.165, 1.54) is 4.68 Å². The van der Waals surface area contributed by atoms with Gasteiger partial charge in [0.1, 0.15) is 11.6 Å². The largest absolute Gasteiger partial charge is 0.478 e. The number of hydrogen-bond donors (Lipinski definition) is 3. The molecule has 0 aliphatic rings. The first kappa shape index (κ1) is 15.7. The quantitative estimate of drug-likeness (QED) is 0.748. The van der Waals surface area contributed by atoms with Gasteiger partial charge in [-0.05, 0) is 27.7 Å². The molecule has 0 fully saturated rings. The van der Waals surface area contributed by atoms with Crippen LogP contribution in [0.5, 0.6) is 0 Å². The fraction of sp³-hybridized carbons (Fsp3) is 0.500. The average Bonchev–Trinajstić information content (AvgIpc) is 2.63. The second-order valence-electron chi connectivity index (χ2n) is 4.32. The van der Waals surface area contributed by atoms with Crippen LogP contribution in [0.1, 0.15) is 41.6 Å². The molecule has 20 heavy (non-hydrogen) atoms. The molecule has 0 bridgehead atoms. The maximum Gasteiger partial charge on any atom is 0.339 e. The van der Waals surface area contributed by atoms with Gasteiger partial charge in [0.05, 0.1) is 11.4 Å². The van der Waals surface area contributed by atoms with Gasteiger partial charge in [-0.3, -0.25) is 14.8 Å². The summed E-state index contributed by atoms with van der Waals surface area (Å²) in [6, 6.07) is -1.38. The molecule has 0 spiro atoms. The highest BCUT2D eigenvalue weighted by Crippen LogP contribution is 2.17. The van der Waals surface area contributed by atoms with Crippen molar-refractivity contribution in [3.8, 4) is 0 Å². The van der Waals surface area contributed by atoms with Gasteiger partial charge in [-0.15, -0.1) is 0 Å². The van der Waals surface area contributed by atoms with Crippen molar-refractivity contribution in [2.24, 2.45) is 0 Å². The van der Waals surface area contributed by atoms with Crippen LogP contribution in [0.3, 0.4) is 0 Å². The molecule has 3 amide bonds. The maximum atomic E-state index is 11.9. The minimum absolute atomic E-state index is 0.0719. The van der Waals surface area contributed by atoms with Gasteiger partial charge in [-0.1, -0.05) is 0 Å². The van der Waals surface area contributed by atoms with Gasteiger partial charge in [-0.2, -0.15) is 5.10 Å². The van der Waals surface area contributed by atoms with Crippen LogP contribution in [0.25, 0.3) is 0 Å². The summed E-state index contributed by atoms with van der Waals surface area (Å²) in [5, 5.41) is 17.7. The molecule has 1 atom stereocenters. The number of urea groups is 1. The third-order valence-electron chi connectivity index (χ3n) is 2.86. The van der Waals surface area contributed by atoms with Crippen molar-refractivity contribution in [2.75, 3.05) is 6.54 Å². The molecule has 0 aliphatic carbocycles. The Kier molecular flexibility index (Phi) is 4.84. The number of carbonyl (C=O) groups excluding carboxylic acids is 2. The Bertz CT molecular complexity index is 550. The molecule has 0 radical (unpaired) electrons. The highest BCUT2D eigenvalue weighted by atomic mass is 16.4. The monoisotopic (exact) mass is 282 g/mol. The van der Waals surface area contributed by atoms with E-state index in [4.69, 9.17) is 5.11 Å². The molecule has 1 unspecified atom stereocenters. The van der Waals surface area contributed by atoms with Crippen LogP contribution in [0.15, 0.2) is 0 Å². The standard InChI is InChI=1S/C12H18N4O4/c1-5-13-12(20)14-10(17)8(4)16-7(3)9(11(18)19)6(2)15-16/h8H,5H2,1-4H3,(H,18,19)(H2,13,14,17,20). The van der Waals surface area contributed by atoms with Gasteiger partial charge in [-0.25, -0.2) is 9.59 Å². The van der Waals surface area contributed by atoms with Crippen LogP contribution in [0, 0.1) is 13.8 Å². The second-order valence-corrected chi connectivity index (χ2v) is 4.32. The van der Waals surface area contributed by atoms with E-state index >= 15 is 0 Å². The second kappa shape index (κ2) is 6.18. The van der Waals surface area contributed by atoms with Crippen LogP contribution in [0.4, 0.5) is 4.79 Å². The normalized spacial score (nSPS) is 11.8. The third-order valence-corrected chi connectivity index (χ3v) is 2.86. The molecule has 8 nitrogen and oxygen atoms in total. The number of aromatic carboxylic acids is 1. The fourth-order valence-electron chi connectivity index (χ4n) is 1.88. The molecule has 1 heterocycles. The van der Waals surface area contributed by atoms with E-state index < -0.39 is 23.9 Å². The van der Waals surface area contributed by atoms with Gasteiger partial charge in [0.25, 0.3) is 5.91 Å². The molecule has 8 heteroatoms. The number of carboxylic acids is 1. The Morgan fingerprint density at radius 3 is 2.40 bits per heavy atom. The summed E-state index contributed by atoms with van der Waals surface area (Å²) in [6.45, 7) is 6.80. The maximum absolute atomic E-state index is 11.9. The Hall–Kier alpha value is -2.38. The molecule has 0 saturated carbocycles. The van der Waals surface area contributed by atoms with Crippen molar-refractivity contribution in [2.45, 2.75) is 33.7 Å². The van der Waals surface area contributed by atoms with Gasteiger partial charge in [0.15, 0.2) is 0 Å². The summed E-state index contributed by atoms with van der Waals surface area (Å²) in [7, 11) is 0. The highest BCUT2D eigenvalue weighted by Gasteiger charge is 2.24. The van der Waals surface area contributed by atoms with Crippen LogP contribution < -0.4 is 10.6 Å². The predicted octanol–water partition coefficient (Wildman–Crippen LogP) is 0.605. The van der Waals surface area contributed by atoms with Crippen molar-refractivity contribution in [1.29, 1.82) is 0 Å². The minimum atomic E-state index is -1.09. The minimum Gasteiger partial charge on any atom is -0.478 e. The van der Waals surface area contributed by atoms with Crippen LogP contribution in [-0.4, -0.2) is 39.3 Å². The molecule has 0 aliphatic heterocycles. The summed E-state index contributed by atoms with van der Waals surface area (Å²) in [4.78, 5) is 34.3.